The summed E-state index contributed by atoms with van der Waals surface area (Å²) in [6, 6.07) is 0. The van der Waals surface area contributed by atoms with Gasteiger partial charge in [0.05, 0.1) is 0 Å². The van der Waals surface area contributed by atoms with Crippen LogP contribution in [0.15, 0.2) is 12.2 Å². The maximum atomic E-state index is 4.21. The van der Waals surface area contributed by atoms with Gasteiger partial charge in [0.2, 0.25) is 0 Å². The van der Waals surface area contributed by atoms with Crippen molar-refractivity contribution in [1.29, 1.82) is 0 Å². The standard InChI is InChI=1S/C10H19NS/c1-9(7-12)6-11-5-4-10(2,3)8-11/h12H,1,4-8H2,2-3H3. The molecule has 1 rings (SSSR count). The quantitative estimate of drug-likeness (QED) is 0.521. The van der Waals surface area contributed by atoms with Crippen LogP contribution in [0.2, 0.25) is 0 Å². The molecule has 2 heteroatoms. The monoisotopic (exact) mass is 185 g/mol. The van der Waals surface area contributed by atoms with Gasteiger partial charge in [0.1, 0.15) is 0 Å². The Hall–Kier alpha value is 0.0500. The van der Waals surface area contributed by atoms with Crippen molar-refractivity contribution in [2.75, 3.05) is 25.4 Å². The second kappa shape index (κ2) is 3.84. The molecule has 1 heterocycles. The lowest BCUT2D eigenvalue weighted by Crippen LogP contribution is -2.25. The molecule has 0 atom stereocenters. The van der Waals surface area contributed by atoms with E-state index >= 15 is 0 Å². The molecule has 1 fully saturated rings. The van der Waals surface area contributed by atoms with Crippen molar-refractivity contribution in [2.24, 2.45) is 5.41 Å². The van der Waals surface area contributed by atoms with E-state index in [1.54, 1.807) is 0 Å². The Morgan fingerprint density at radius 3 is 2.67 bits per heavy atom. The maximum Gasteiger partial charge on any atom is 0.0198 e. The molecule has 0 unspecified atom stereocenters. The number of rotatable bonds is 3. The molecule has 0 aromatic heterocycles. The van der Waals surface area contributed by atoms with Crippen molar-refractivity contribution in [1.82, 2.24) is 4.90 Å². The first kappa shape index (κ1) is 10.1. The van der Waals surface area contributed by atoms with Crippen LogP contribution in [0.3, 0.4) is 0 Å². The van der Waals surface area contributed by atoms with Gasteiger partial charge in [0.25, 0.3) is 0 Å². The average Bonchev–Trinajstić information content (AvgIpc) is 2.30. The van der Waals surface area contributed by atoms with Crippen LogP contribution >= 0.6 is 12.6 Å². The molecule has 1 aliphatic heterocycles. The third kappa shape index (κ3) is 2.83. The number of hydrogen-bond donors (Lipinski definition) is 1. The molecule has 0 aromatic carbocycles. The van der Waals surface area contributed by atoms with Crippen molar-refractivity contribution >= 4 is 12.6 Å². The molecule has 0 N–H and O–H groups in total. The molecule has 0 amide bonds. The third-order valence-corrected chi connectivity index (χ3v) is 2.87. The summed E-state index contributed by atoms with van der Waals surface area (Å²) in [6.45, 7) is 12.1. The van der Waals surface area contributed by atoms with Gasteiger partial charge in [-0.1, -0.05) is 26.0 Å². The summed E-state index contributed by atoms with van der Waals surface area (Å²) in [4.78, 5) is 2.47. The molecule has 1 saturated heterocycles. The summed E-state index contributed by atoms with van der Waals surface area (Å²) >= 11 is 4.21. The third-order valence-electron chi connectivity index (χ3n) is 2.43. The minimum Gasteiger partial charge on any atom is -0.299 e. The van der Waals surface area contributed by atoms with Crippen LogP contribution in [-0.2, 0) is 0 Å². The average molecular weight is 185 g/mol. The van der Waals surface area contributed by atoms with Gasteiger partial charge in [-0.25, -0.2) is 0 Å². The fourth-order valence-corrected chi connectivity index (χ4v) is 1.83. The van der Waals surface area contributed by atoms with Crippen LogP contribution in [0.1, 0.15) is 20.3 Å². The normalized spacial score (nSPS) is 22.9. The molecule has 70 valence electrons. The SMILES string of the molecule is C=C(CS)CN1CCC(C)(C)C1. The predicted octanol–water partition coefficient (Wildman–Crippen LogP) is 2.20. The molecule has 1 nitrogen and oxygen atoms in total. The fourth-order valence-electron chi connectivity index (χ4n) is 1.73. The minimum absolute atomic E-state index is 0.511. The van der Waals surface area contributed by atoms with Gasteiger partial charge in [-0.2, -0.15) is 12.6 Å². The van der Waals surface area contributed by atoms with Gasteiger partial charge in [0, 0.05) is 18.8 Å². The lowest BCUT2D eigenvalue weighted by Gasteiger charge is -2.19. The molecule has 0 bridgehead atoms. The van der Waals surface area contributed by atoms with Gasteiger partial charge in [-0.05, 0) is 18.4 Å². The Morgan fingerprint density at radius 1 is 1.58 bits per heavy atom. The van der Waals surface area contributed by atoms with Crippen LogP contribution in [0.5, 0.6) is 0 Å². The van der Waals surface area contributed by atoms with E-state index in [9.17, 15) is 0 Å². The topological polar surface area (TPSA) is 3.24 Å². The van der Waals surface area contributed by atoms with Crippen LogP contribution in [0, 0.1) is 5.41 Å². The molecule has 0 aliphatic carbocycles. The van der Waals surface area contributed by atoms with Crippen LogP contribution < -0.4 is 0 Å². The Labute approximate surface area is 81.2 Å². The highest BCUT2D eigenvalue weighted by Gasteiger charge is 2.28. The largest absolute Gasteiger partial charge is 0.299 e. The van der Waals surface area contributed by atoms with E-state index in [1.165, 1.54) is 25.1 Å². The molecule has 0 radical (unpaired) electrons. The number of likely N-dealkylation sites (tertiary alicyclic amines) is 1. The molecular formula is C10H19NS. The van der Waals surface area contributed by atoms with Crippen molar-refractivity contribution in [2.45, 2.75) is 20.3 Å². The second-order valence-electron chi connectivity index (χ2n) is 4.53. The number of nitrogens with zero attached hydrogens (tertiary/aromatic N) is 1. The van der Waals surface area contributed by atoms with Gasteiger partial charge < -0.3 is 0 Å². The van der Waals surface area contributed by atoms with Gasteiger partial charge in [0.15, 0.2) is 0 Å². The molecule has 0 aromatic rings. The van der Waals surface area contributed by atoms with E-state index in [-0.39, 0.29) is 0 Å². The Balaban J connectivity index is 2.33. The Morgan fingerprint density at radius 2 is 2.25 bits per heavy atom. The first-order valence-corrected chi connectivity index (χ1v) is 5.17. The first-order valence-electron chi connectivity index (χ1n) is 4.53. The van der Waals surface area contributed by atoms with Crippen molar-refractivity contribution in [3.8, 4) is 0 Å². The zero-order chi connectivity index (χ0) is 9.19. The van der Waals surface area contributed by atoms with E-state index in [1.807, 2.05) is 0 Å². The summed E-state index contributed by atoms with van der Waals surface area (Å²) in [5, 5.41) is 0. The van der Waals surface area contributed by atoms with Crippen molar-refractivity contribution < 1.29 is 0 Å². The zero-order valence-corrected chi connectivity index (χ0v) is 9.03. The van der Waals surface area contributed by atoms with Gasteiger partial charge in [-0.15, -0.1) is 0 Å². The van der Waals surface area contributed by atoms with Crippen molar-refractivity contribution in [3.63, 3.8) is 0 Å². The van der Waals surface area contributed by atoms with Gasteiger partial charge >= 0.3 is 0 Å². The van der Waals surface area contributed by atoms with E-state index in [4.69, 9.17) is 0 Å². The summed E-state index contributed by atoms with van der Waals surface area (Å²) in [5.41, 5.74) is 1.74. The lowest BCUT2D eigenvalue weighted by molar-refractivity contribution is 0.310. The summed E-state index contributed by atoms with van der Waals surface area (Å²) < 4.78 is 0. The number of thiol groups is 1. The first-order chi connectivity index (χ1) is 5.53. The Kier molecular flexibility index (Phi) is 3.24. The van der Waals surface area contributed by atoms with Crippen LogP contribution in [-0.4, -0.2) is 30.3 Å². The maximum absolute atomic E-state index is 4.21. The van der Waals surface area contributed by atoms with Crippen LogP contribution in [0.25, 0.3) is 0 Å². The molecule has 1 aliphatic rings. The van der Waals surface area contributed by atoms with E-state index in [2.05, 4.69) is 38.0 Å². The lowest BCUT2D eigenvalue weighted by atomic mass is 9.93. The minimum atomic E-state index is 0.511. The van der Waals surface area contributed by atoms with E-state index in [0.717, 1.165) is 12.3 Å². The Bertz CT molecular complexity index is 175. The van der Waals surface area contributed by atoms with Crippen LogP contribution in [0.4, 0.5) is 0 Å². The highest BCUT2D eigenvalue weighted by atomic mass is 32.1. The predicted molar refractivity (Wildman–Crippen MR) is 57.8 cm³/mol. The zero-order valence-electron chi connectivity index (χ0n) is 8.14. The van der Waals surface area contributed by atoms with E-state index < -0.39 is 0 Å². The fraction of sp³-hybridized carbons (Fsp3) is 0.800. The summed E-state index contributed by atoms with van der Waals surface area (Å²) in [5.74, 6) is 0.816. The highest BCUT2D eigenvalue weighted by molar-refractivity contribution is 7.80. The van der Waals surface area contributed by atoms with Crippen molar-refractivity contribution in [3.05, 3.63) is 12.2 Å². The smallest absolute Gasteiger partial charge is 0.0198 e. The van der Waals surface area contributed by atoms with E-state index in [0.29, 0.717) is 5.41 Å². The molecule has 12 heavy (non-hydrogen) atoms. The molecule has 0 saturated carbocycles. The second-order valence-corrected chi connectivity index (χ2v) is 4.85. The summed E-state index contributed by atoms with van der Waals surface area (Å²) in [7, 11) is 0. The van der Waals surface area contributed by atoms with Gasteiger partial charge in [-0.3, -0.25) is 4.90 Å². The molecular weight excluding hydrogens is 166 g/mol. The summed E-state index contributed by atoms with van der Waals surface area (Å²) in [6.07, 6.45) is 1.31. The number of hydrogen-bond acceptors (Lipinski definition) is 2. The molecule has 0 spiro atoms. The highest BCUT2D eigenvalue weighted by Crippen LogP contribution is 2.28.